The summed E-state index contributed by atoms with van der Waals surface area (Å²) in [7, 11) is -3.55. The van der Waals surface area contributed by atoms with Crippen molar-refractivity contribution in [1.82, 2.24) is 10.0 Å². The van der Waals surface area contributed by atoms with E-state index in [1.165, 1.54) is 6.07 Å². The van der Waals surface area contributed by atoms with Gasteiger partial charge in [-0.3, -0.25) is 14.5 Å². The predicted octanol–water partition coefficient (Wildman–Crippen LogP) is 3.15. The van der Waals surface area contributed by atoms with E-state index in [0.717, 1.165) is 16.5 Å². The van der Waals surface area contributed by atoms with Crippen LogP contribution in [0.2, 0.25) is 0 Å². The Labute approximate surface area is 167 Å². The molecule has 1 aliphatic heterocycles. The zero-order valence-electron chi connectivity index (χ0n) is 14.8. The summed E-state index contributed by atoms with van der Waals surface area (Å²) in [5.41, 5.74) is 1.58. The molecule has 1 heterocycles. The van der Waals surface area contributed by atoms with Gasteiger partial charge >= 0.3 is 0 Å². The highest BCUT2D eigenvalue weighted by molar-refractivity contribution is 9.10. The molecule has 27 heavy (non-hydrogen) atoms. The second-order valence-electron chi connectivity index (χ2n) is 6.16. The third-order valence-electron chi connectivity index (χ3n) is 4.29. The molecule has 0 saturated carbocycles. The van der Waals surface area contributed by atoms with Gasteiger partial charge < -0.3 is 5.32 Å². The number of aliphatic imine (C=N–C) groups is 1. The van der Waals surface area contributed by atoms with Gasteiger partial charge in [-0.05, 0) is 36.2 Å². The van der Waals surface area contributed by atoms with Crippen molar-refractivity contribution in [1.29, 1.82) is 0 Å². The van der Waals surface area contributed by atoms with E-state index in [4.69, 9.17) is 0 Å². The number of benzene rings is 2. The van der Waals surface area contributed by atoms with Crippen LogP contribution < -0.4 is 10.0 Å². The van der Waals surface area contributed by atoms with Crippen LogP contribution >= 0.6 is 15.9 Å². The maximum absolute atomic E-state index is 12.3. The summed E-state index contributed by atoms with van der Waals surface area (Å²) >= 11 is 3.40. The Kier molecular flexibility index (Phi) is 5.96. The monoisotopic (exact) mass is 449 g/mol. The molecule has 2 N–H and O–H groups in total. The Morgan fingerprint density at radius 3 is 2.59 bits per heavy atom. The lowest BCUT2D eigenvalue weighted by molar-refractivity contribution is -0.121. The number of amides is 1. The van der Waals surface area contributed by atoms with Crippen molar-refractivity contribution < 1.29 is 13.2 Å². The van der Waals surface area contributed by atoms with Crippen LogP contribution in [0, 0.1) is 0 Å². The number of hydrogen-bond acceptors (Lipinski definition) is 4. The standard InChI is InChI=1S/C19H20BrN3O3S/c1-2-16(13-7-9-14(20)10-8-13)22-18(24)11-12-21-19-15-5-3-4-6-17(15)27(25,26)23-19/h3-10,16H,2,11-12H2,1H3,(H,21,23)(H,22,24)/t16-/m1/s1. The largest absolute Gasteiger partial charge is 0.349 e. The van der Waals surface area contributed by atoms with Gasteiger partial charge in [0.25, 0.3) is 10.0 Å². The van der Waals surface area contributed by atoms with E-state index in [1.54, 1.807) is 18.2 Å². The van der Waals surface area contributed by atoms with Crippen LogP contribution in [-0.2, 0) is 14.8 Å². The molecule has 1 amide bonds. The highest BCUT2D eigenvalue weighted by atomic mass is 79.9. The predicted molar refractivity (Wildman–Crippen MR) is 108 cm³/mol. The Hall–Kier alpha value is -2.19. The van der Waals surface area contributed by atoms with Crippen molar-refractivity contribution in [2.24, 2.45) is 4.99 Å². The molecule has 142 valence electrons. The number of nitrogens with zero attached hydrogens (tertiary/aromatic N) is 1. The normalized spacial score (nSPS) is 17.2. The number of carbonyl (C=O) groups excluding carboxylic acids is 1. The summed E-state index contributed by atoms with van der Waals surface area (Å²) in [6, 6.07) is 14.4. The van der Waals surface area contributed by atoms with E-state index < -0.39 is 10.0 Å². The molecule has 1 atom stereocenters. The molecule has 0 radical (unpaired) electrons. The first-order valence-electron chi connectivity index (χ1n) is 8.62. The molecule has 0 bridgehead atoms. The van der Waals surface area contributed by atoms with Crippen LogP contribution in [0.15, 0.2) is 62.9 Å². The van der Waals surface area contributed by atoms with E-state index in [0.29, 0.717) is 11.4 Å². The molecule has 0 fully saturated rings. The molecule has 1 aliphatic rings. The SMILES string of the molecule is CC[C@@H](NC(=O)CCN=C1NS(=O)(=O)c2ccccc21)c1ccc(Br)cc1. The van der Waals surface area contributed by atoms with Crippen molar-refractivity contribution in [3.8, 4) is 0 Å². The lowest BCUT2D eigenvalue weighted by Gasteiger charge is -2.17. The van der Waals surface area contributed by atoms with Crippen LogP contribution in [0.3, 0.4) is 0 Å². The number of hydrogen-bond donors (Lipinski definition) is 2. The number of halogens is 1. The van der Waals surface area contributed by atoms with Gasteiger partial charge in [0.1, 0.15) is 5.84 Å². The number of nitrogens with one attached hydrogen (secondary N) is 2. The van der Waals surface area contributed by atoms with E-state index in [1.807, 2.05) is 31.2 Å². The van der Waals surface area contributed by atoms with E-state index in [9.17, 15) is 13.2 Å². The lowest BCUT2D eigenvalue weighted by atomic mass is 10.0. The van der Waals surface area contributed by atoms with Crippen LogP contribution in [0.25, 0.3) is 0 Å². The van der Waals surface area contributed by atoms with Gasteiger partial charge in [0.15, 0.2) is 0 Å². The molecule has 6 nitrogen and oxygen atoms in total. The van der Waals surface area contributed by atoms with Crippen LogP contribution in [0.1, 0.15) is 36.9 Å². The number of fused-ring (bicyclic) bond motifs is 1. The summed E-state index contributed by atoms with van der Waals surface area (Å²) in [5, 5.41) is 3.00. The molecule has 0 aromatic heterocycles. The summed E-state index contributed by atoms with van der Waals surface area (Å²) in [5.74, 6) is 0.168. The highest BCUT2D eigenvalue weighted by Crippen LogP contribution is 2.22. The maximum atomic E-state index is 12.3. The zero-order valence-corrected chi connectivity index (χ0v) is 17.2. The van der Waals surface area contributed by atoms with E-state index in [2.05, 4.69) is 31.0 Å². The first-order valence-corrected chi connectivity index (χ1v) is 10.9. The molecule has 0 spiro atoms. The fourth-order valence-corrected chi connectivity index (χ4v) is 4.42. The van der Waals surface area contributed by atoms with Crippen molar-refractivity contribution in [3.05, 3.63) is 64.1 Å². The quantitative estimate of drug-likeness (QED) is 0.709. The second kappa shape index (κ2) is 8.22. The minimum absolute atomic E-state index is 0.0658. The number of carbonyl (C=O) groups is 1. The Bertz CT molecular complexity index is 972. The average Bonchev–Trinajstić information content (AvgIpc) is 2.91. The topological polar surface area (TPSA) is 87.6 Å². The third kappa shape index (κ3) is 4.56. The summed E-state index contributed by atoms with van der Waals surface area (Å²) in [6.45, 7) is 2.21. The Balaban J connectivity index is 1.61. The molecule has 3 rings (SSSR count). The smallest absolute Gasteiger partial charge is 0.263 e. The van der Waals surface area contributed by atoms with Gasteiger partial charge in [0, 0.05) is 16.5 Å². The molecule has 2 aromatic rings. The van der Waals surface area contributed by atoms with Crippen LogP contribution in [-0.4, -0.2) is 26.7 Å². The van der Waals surface area contributed by atoms with Crippen molar-refractivity contribution >= 4 is 37.7 Å². The number of rotatable bonds is 6. The number of amidine groups is 1. The Morgan fingerprint density at radius 2 is 1.89 bits per heavy atom. The molecular formula is C19H20BrN3O3S. The lowest BCUT2D eigenvalue weighted by Crippen LogP contribution is -2.29. The van der Waals surface area contributed by atoms with Gasteiger partial charge in [-0.2, -0.15) is 0 Å². The van der Waals surface area contributed by atoms with Gasteiger partial charge in [-0.25, -0.2) is 8.42 Å². The second-order valence-corrected chi connectivity index (χ2v) is 8.73. The van der Waals surface area contributed by atoms with Crippen molar-refractivity contribution in [2.75, 3.05) is 6.54 Å². The van der Waals surface area contributed by atoms with Gasteiger partial charge in [0.2, 0.25) is 5.91 Å². The molecule has 0 unspecified atom stereocenters. The maximum Gasteiger partial charge on any atom is 0.263 e. The summed E-state index contributed by atoms with van der Waals surface area (Å²) in [4.78, 5) is 16.8. The van der Waals surface area contributed by atoms with Crippen LogP contribution in [0.4, 0.5) is 0 Å². The van der Waals surface area contributed by atoms with Gasteiger partial charge in [0.05, 0.1) is 17.5 Å². The van der Waals surface area contributed by atoms with Gasteiger partial charge in [-0.15, -0.1) is 0 Å². The van der Waals surface area contributed by atoms with Crippen molar-refractivity contribution in [3.63, 3.8) is 0 Å². The minimum atomic E-state index is -3.55. The minimum Gasteiger partial charge on any atom is -0.349 e. The van der Waals surface area contributed by atoms with Gasteiger partial charge in [-0.1, -0.05) is 47.1 Å². The molecule has 8 heteroatoms. The van der Waals surface area contributed by atoms with Crippen LogP contribution in [0.5, 0.6) is 0 Å². The fourth-order valence-electron chi connectivity index (χ4n) is 2.90. The zero-order chi connectivity index (χ0) is 19.4. The average molecular weight is 450 g/mol. The molecule has 2 aromatic carbocycles. The number of sulfonamides is 1. The summed E-state index contributed by atoms with van der Waals surface area (Å²) in [6.07, 6.45) is 0.954. The van der Waals surface area contributed by atoms with Crippen molar-refractivity contribution in [2.45, 2.75) is 30.7 Å². The molecule has 0 aliphatic carbocycles. The third-order valence-corrected chi connectivity index (χ3v) is 6.21. The van der Waals surface area contributed by atoms with E-state index in [-0.39, 0.29) is 29.8 Å². The fraction of sp³-hybridized carbons (Fsp3) is 0.263. The molecule has 0 saturated heterocycles. The first kappa shape index (κ1) is 19.6. The summed E-state index contributed by atoms with van der Waals surface area (Å²) < 4.78 is 27.5. The first-order chi connectivity index (χ1) is 12.9. The Morgan fingerprint density at radius 1 is 1.19 bits per heavy atom. The van der Waals surface area contributed by atoms with E-state index >= 15 is 0 Å². The highest BCUT2D eigenvalue weighted by Gasteiger charge is 2.29. The molecular weight excluding hydrogens is 430 g/mol.